The third-order valence-electron chi connectivity index (χ3n) is 3.72. The van der Waals surface area contributed by atoms with Gasteiger partial charge in [0.1, 0.15) is 5.75 Å². The Balaban J connectivity index is 2.12. The molecular formula is C18H19N3O4S. The number of benzene rings is 2. The first kappa shape index (κ1) is 19.4. The van der Waals surface area contributed by atoms with Crippen molar-refractivity contribution >= 4 is 21.6 Å². The molecule has 0 bridgehead atoms. The summed E-state index contributed by atoms with van der Waals surface area (Å²) in [6.45, 7) is 1.39. The number of hydrogen-bond acceptors (Lipinski definition) is 5. The number of nitrogens with one attached hydrogen (secondary N) is 1. The van der Waals surface area contributed by atoms with Gasteiger partial charge in [-0.05, 0) is 48.9 Å². The van der Waals surface area contributed by atoms with Crippen LogP contribution in [0.5, 0.6) is 5.75 Å². The second-order valence-electron chi connectivity index (χ2n) is 5.63. The number of rotatable bonds is 6. The molecule has 2 aromatic carbocycles. The summed E-state index contributed by atoms with van der Waals surface area (Å²) in [5, 5.41) is 11.5. The number of hydrogen-bond donors (Lipinski definition) is 1. The van der Waals surface area contributed by atoms with E-state index in [1.54, 1.807) is 31.2 Å². The van der Waals surface area contributed by atoms with Gasteiger partial charge in [-0.1, -0.05) is 6.07 Å². The molecule has 1 N–H and O–H groups in total. The van der Waals surface area contributed by atoms with Crippen LogP contribution in [-0.2, 0) is 14.8 Å². The molecule has 0 saturated heterocycles. The molecule has 8 heteroatoms. The van der Waals surface area contributed by atoms with Gasteiger partial charge in [-0.3, -0.25) is 4.79 Å². The summed E-state index contributed by atoms with van der Waals surface area (Å²) in [4.78, 5) is 12.2. The maximum absolute atomic E-state index is 12.6. The van der Waals surface area contributed by atoms with E-state index >= 15 is 0 Å². The predicted octanol–water partition coefficient (Wildman–Crippen LogP) is 2.13. The SMILES string of the molecule is COc1ccc(S(=O)(=O)N(C)CC(=O)Nc2cccc(C#N)c2)cc1C. The van der Waals surface area contributed by atoms with Crippen molar-refractivity contribution in [3.05, 3.63) is 53.6 Å². The first-order valence-electron chi connectivity index (χ1n) is 7.69. The van der Waals surface area contributed by atoms with Crippen molar-refractivity contribution in [3.63, 3.8) is 0 Å². The smallest absolute Gasteiger partial charge is 0.243 e. The van der Waals surface area contributed by atoms with E-state index in [0.717, 1.165) is 4.31 Å². The van der Waals surface area contributed by atoms with E-state index in [9.17, 15) is 13.2 Å². The Kier molecular flexibility index (Phi) is 5.97. The van der Waals surface area contributed by atoms with E-state index < -0.39 is 15.9 Å². The van der Waals surface area contributed by atoms with E-state index in [2.05, 4.69) is 5.32 Å². The van der Waals surface area contributed by atoms with Gasteiger partial charge in [0.2, 0.25) is 15.9 Å². The number of nitrogens with zero attached hydrogens (tertiary/aromatic N) is 2. The minimum absolute atomic E-state index is 0.0811. The van der Waals surface area contributed by atoms with Crippen LogP contribution in [0, 0.1) is 18.3 Å². The summed E-state index contributed by atoms with van der Waals surface area (Å²) >= 11 is 0. The fraction of sp³-hybridized carbons (Fsp3) is 0.222. The highest BCUT2D eigenvalue weighted by atomic mass is 32.2. The molecule has 0 aliphatic heterocycles. The van der Waals surface area contributed by atoms with Crippen molar-refractivity contribution < 1.29 is 17.9 Å². The molecular weight excluding hydrogens is 354 g/mol. The average molecular weight is 373 g/mol. The number of aryl methyl sites for hydroxylation is 1. The highest BCUT2D eigenvalue weighted by Gasteiger charge is 2.23. The maximum Gasteiger partial charge on any atom is 0.243 e. The lowest BCUT2D eigenvalue weighted by Gasteiger charge is -2.18. The van der Waals surface area contributed by atoms with Crippen LogP contribution in [0.2, 0.25) is 0 Å². The van der Waals surface area contributed by atoms with Crippen molar-refractivity contribution in [1.29, 1.82) is 5.26 Å². The number of methoxy groups -OCH3 is 1. The summed E-state index contributed by atoms with van der Waals surface area (Å²) in [5.41, 5.74) is 1.51. The van der Waals surface area contributed by atoms with Gasteiger partial charge < -0.3 is 10.1 Å². The Morgan fingerprint density at radius 1 is 1.27 bits per heavy atom. The number of ether oxygens (including phenoxy) is 1. The monoisotopic (exact) mass is 373 g/mol. The van der Waals surface area contributed by atoms with Crippen molar-refractivity contribution in [2.75, 3.05) is 26.0 Å². The van der Waals surface area contributed by atoms with Crippen LogP contribution in [0.15, 0.2) is 47.4 Å². The lowest BCUT2D eigenvalue weighted by Crippen LogP contribution is -2.35. The Bertz CT molecular complexity index is 965. The highest BCUT2D eigenvalue weighted by Crippen LogP contribution is 2.23. The predicted molar refractivity (Wildman–Crippen MR) is 97.3 cm³/mol. The van der Waals surface area contributed by atoms with E-state index in [-0.39, 0.29) is 11.4 Å². The first-order valence-corrected chi connectivity index (χ1v) is 9.13. The topological polar surface area (TPSA) is 99.5 Å². The number of carbonyl (C=O) groups is 1. The van der Waals surface area contributed by atoms with Crippen molar-refractivity contribution in [1.82, 2.24) is 4.31 Å². The highest BCUT2D eigenvalue weighted by molar-refractivity contribution is 7.89. The first-order chi connectivity index (χ1) is 12.3. The number of nitriles is 1. The Morgan fingerprint density at radius 3 is 2.62 bits per heavy atom. The number of carbonyl (C=O) groups excluding carboxylic acids is 1. The van der Waals surface area contributed by atoms with Gasteiger partial charge in [-0.25, -0.2) is 8.42 Å². The second-order valence-corrected chi connectivity index (χ2v) is 7.68. The lowest BCUT2D eigenvalue weighted by atomic mass is 10.2. The molecule has 26 heavy (non-hydrogen) atoms. The molecule has 0 unspecified atom stereocenters. The van der Waals surface area contributed by atoms with Gasteiger partial charge in [0.15, 0.2) is 0 Å². The van der Waals surface area contributed by atoms with E-state index in [1.165, 1.54) is 32.4 Å². The molecule has 2 rings (SSSR count). The molecule has 0 radical (unpaired) electrons. The zero-order valence-electron chi connectivity index (χ0n) is 14.7. The van der Waals surface area contributed by atoms with Crippen LogP contribution in [0.25, 0.3) is 0 Å². The molecule has 0 heterocycles. The third-order valence-corrected chi connectivity index (χ3v) is 5.52. The maximum atomic E-state index is 12.6. The number of anilines is 1. The van der Waals surface area contributed by atoms with Crippen LogP contribution in [-0.4, -0.2) is 39.3 Å². The fourth-order valence-electron chi connectivity index (χ4n) is 2.35. The molecule has 0 saturated carbocycles. The van der Waals surface area contributed by atoms with Crippen molar-refractivity contribution in [2.24, 2.45) is 0 Å². The average Bonchev–Trinajstić information content (AvgIpc) is 2.61. The molecule has 0 spiro atoms. The van der Waals surface area contributed by atoms with Gasteiger partial charge in [0.25, 0.3) is 0 Å². The summed E-state index contributed by atoms with van der Waals surface area (Å²) in [5.74, 6) is 0.0816. The molecule has 0 atom stereocenters. The van der Waals surface area contributed by atoms with Gasteiger partial charge in [-0.15, -0.1) is 0 Å². The number of sulfonamides is 1. The second kappa shape index (κ2) is 7.99. The van der Waals surface area contributed by atoms with Gasteiger partial charge >= 0.3 is 0 Å². The molecule has 0 fully saturated rings. The molecule has 136 valence electrons. The van der Waals surface area contributed by atoms with Gasteiger partial charge in [0, 0.05) is 12.7 Å². The van der Waals surface area contributed by atoms with E-state index in [0.29, 0.717) is 22.6 Å². The van der Waals surface area contributed by atoms with Crippen LogP contribution >= 0.6 is 0 Å². The normalized spacial score (nSPS) is 11.0. The zero-order valence-corrected chi connectivity index (χ0v) is 15.5. The minimum atomic E-state index is -3.82. The van der Waals surface area contributed by atoms with E-state index in [1.807, 2.05) is 6.07 Å². The molecule has 0 aromatic heterocycles. The quantitative estimate of drug-likeness (QED) is 0.836. The summed E-state index contributed by atoms with van der Waals surface area (Å²) in [6.07, 6.45) is 0. The van der Waals surface area contributed by atoms with Crippen LogP contribution < -0.4 is 10.1 Å². The fourth-order valence-corrected chi connectivity index (χ4v) is 3.56. The largest absolute Gasteiger partial charge is 0.496 e. The molecule has 2 aromatic rings. The zero-order chi connectivity index (χ0) is 19.3. The Morgan fingerprint density at radius 2 is 2.00 bits per heavy atom. The minimum Gasteiger partial charge on any atom is -0.496 e. The third kappa shape index (κ3) is 4.39. The van der Waals surface area contributed by atoms with Crippen molar-refractivity contribution in [3.8, 4) is 11.8 Å². The van der Waals surface area contributed by atoms with E-state index in [4.69, 9.17) is 10.00 Å². The molecule has 7 nitrogen and oxygen atoms in total. The van der Waals surface area contributed by atoms with Crippen LogP contribution in [0.1, 0.15) is 11.1 Å². The lowest BCUT2D eigenvalue weighted by molar-refractivity contribution is -0.116. The number of likely N-dealkylation sites (N-methyl/N-ethyl adjacent to an activating group) is 1. The summed E-state index contributed by atoms with van der Waals surface area (Å²) in [6, 6.07) is 12.9. The van der Waals surface area contributed by atoms with Crippen molar-refractivity contribution in [2.45, 2.75) is 11.8 Å². The molecule has 1 amide bonds. The molecule has 0 aliphatic rings. The number of amides is 1. The van der Waals surface area contributed by atoms with Crippen LogP contribution in [0.4, 0.5) is 5.69 Å². The van der Waals surface area contributed by atoms with Gasteiger partial charge in [0.05, 0.1) is 30.2 Å². The Labute approximate surface area is 152 Å². The van der Waals surface area contributed by atoms with Gasteiger partial charge in [-0.2, -0.15) is 9.57 Å². The summed E-state index contributed by atoms with van der Waals surface area (Å²) < 4.78 is 31.4. The Hall–Kier alpha value is -2.89. The van der Waals surface area contributed by atoms with Crippen LogP contribution in [0.3, 0.4) is 0 Å². The standard InChI is InChI=1S/C18H19N3O4S/c1-13-9-16(7-8-17(13)25-3)26(23,24)21(2)12-18(22)20-15-6-4-5-14(10-15)11-19/h4-10H,12H2,1-3H3,(H,20,22). The summed E-state index contributed by atoms with van der Waals surface area (Å²) in [7, 11) is -0.980. The molecule has 0 aliphatic carbocycles.